The van der Waals surface area contributed by atoms with Crippen LogP contribution >= 0.6 is 11.8 Å². The minimum atomic E-state index is 0.454. The summed E-state index contributed by atoms with van der Waals surface area (Å²) < 4.78 is 0. The summed E-state index contributed by atoms with van der Waals surface area (Å²) in [4.78, 5) is 7.08. The Morgan fingerprint density at radius 3 is 2.83 bits per heavy atom. The van der Waals surface area contributed by atoms with Crippen LogP contribution in [0.3, 0.4) is 0 Å². The first kappa shape index (κ1) is 12.1. The third kappa shape index (κ3) is 2.70. The second kappa shape index (κ2) is 5.33. The molecule has 1 saturated heterocycles. The number of nitrogens with zero attached hydrogens (tertiary/aromatic N) is 2. The molecule has 0 saturated carbocycles. The van der Waals surface area contributed by atoms with Gasteiger partial charge in [-0.3, -0.25) is 9.89 Å². The summed E-state index contributed by atoms with van der Waals surface area (Å²) in [6, 6.07) is 11.2. The van der Waals surface area contributed by atoms with Gasteiger partial charge in [-0.2, -0.15) is 0 Å². The van der Waals surface area contributed by atoms with E-state index in [9.17, 15) is 0 Å². The molecular formula is C14H19N3S. The van der Waals surface area contributed by atoms with E-state index in [0.717, 1.165) is 31.2 Å². The molecule has 0 aliphatic carbocycles. The van der Waals surface area contributed by atoms with Gasteiger partial charge in [-0.15, -0.1) is 0 Å². The summed E-state index contributed by atoms with van der Waals surface area (Å²) in [5, 5.41) is 1.41. The van der Waals surface area contributed by atoms with Crippen molar-refractivity contribution in [1.82, 2.24) is 4.90 Å². The minimum absolute atomic E-state index is 0.454. The van der Waals surface area contributed by atoms with E-state index >= 15 is 0 Å². The standard InChI is InChI=1S/C14H19N3S/c15-14-16-12-6-8-17(9-7-13(12)18-14)10-11-4-2-1-3-5-11/h1-5,12-13H,6-10H2,(H2,15,16). The summed E-state index contributed by atoms with van der Waals surface area (Å²) >= 11 is 1.77. The van der Waals surface area contributed by atoms with Crippen molar-refractivity contribution in [2.75, 3.05) is 13.1 Å². The zero-order valence-corrected chi connectivity index (χ0v) is 11.3. The van der Waals surface area contributed by atoms with Gasteiger partial charge in [-0.25, -0.2) is 0 Å². The lowest BCUT2D eigenvalue weighted by molar-refractivity contribution is 0.276. The van der Waals surface area contributed by atoms with E-state index in [-0.39, 0.29) is 0 Å². The van der Waals surface area contributed by atoms with Gasteiger partial charge < -0.3 is 5.73 Å². The molecule has 1 fully saturated rings. The van der Waals surface area contributed by atoms with Gasteiger partial charge in [0.2, 0.25) is 0 Å². The SMILES string of the molecule is NC1=NC2CCN(Cc3ccccc3)CCC2S1. The first-order valence-corrected chi connectivity index (χ1v) is 7.45. The molecule has 3 nitrogen and oxygen atoms in total. The number of hydrogen-bond acceptors (Lipinski definition) is 4. The molecule has 4 heteroatoms. The largest absolute Gasteiger partial charge is 0.379 e. The van der Waals surface area contributed by atoms with Crippen LogP contribution in [0.4, 0.5) is 0 Å². The molecule has 0 radical (unpaired) electrons. The first-order chi connectivity index (χ1) is 8.81. The third-order valence-corrected chi connectivity index (χ3v) is 4.91. The van der Waals surface area contributed by atoms with Crippen molar-refractivity contribution < 1.29 is 0 Å². The Balaban J connectivity index is 1.60. The molecule has 0 spiro atoms. The number of fused-ring (bicyclic) bond motifs is 1. The highest BCUT2D eigenvalue weighted by molar-refractivity contribution is 8.14. The van der Waals surface area contributed by atoms with Crippen molar-refractivity contribution in [3.63, 3.8) is 0 Å². The van der Waals surface area contributed by atoms with E-state index in [1.165, 1.54) is 12.0 Å². The maximum Gasteiger partial charge on any atom is 0.154 e. The number of hydrogen-bond donors (Lipinski definition) is 1. The molecule has 96 valence electrons. The molecular weight excluding hydrogens is 242 g/mol. The molecule has 0 amide bonds. The Morgan fingerprint density at radius 2 is 2.00 bits per heavy atom. The summed E-state index contributed by atoms with van der Waals surface area (Å²) in [6.45, 7) is 3.35. The van der Waals surface area contributed by atoms with E-state index in [1.54, 1.807) is 11.8 Å². The average molecular weight is 261 g/mol. The predicted octanol–water partition coefficient (Wildman–Crippen LogP) is 2.08. The van der Waals surface area contributed by atoms with Crippen molar-refractivity contribution in [2.24, 2.45) is 10.7 Å². The van der Waals surface area contributed by atoms with E-state index in [2.05, 4.69) is 40.2 Å². The topological polar surface area (TPSA) is 41.6 Å². The van der Waals surface area contributed by atoms with Gasteiger partial charge in [0, 0.05) is 18.3 Å². The normalized spacial score (nSPS) is 28.6. The lowest BCUT2D eigenvalue weighted by atomic mass is 10.1. The number of aliphatic imine (C=N–C) groups is 1. The molecule has 1 aromatic carbocycles. The Hall–Kier alpha value is -1.00. The fraction of sp³-hybridized carbons (Fsp3) is 0.500. The molecule has 2 atom stereocenters. The number of rotatable bonds is 2. The van der Waals surface area contributed by atoms with Crippen LogP contribution in [0.1, 0.15) is 18.4 Å². The summed E-state index contributed by atoms with van der Waals surface area (Å²) in [5.74, 6) is 0. The van der Waals surface area contributed by atoms with Crippen molar-refractivity contribution in [3.05, 3.63) is 35.9 Å². The second-order valence-electron chi connectivity index (χ2n) is 5.03. The van der Waals surface area contributed by atoms with E-state index in [0.29, 0.717) is 11.3 Å². The molecule has 18 heavy (non-hydrogen) atoms. The zero-order chi connectivity index (χ0) is 12.4. The molecule has 1 aromatic rings. The molecule has 2 unspecified atom stereocenters. The maximum absolute atomic E-state index is 5.80. The third-order valence-electron chi connectivity index (χ3n) is 3.71. The Morgan fingerprint density at radius 1 is 1.22 bits per heavy atom. The van der Waals surface area contributed by atoms with E-state index in [1.807, 2.05) is 0 Å². The second-order valence-corrected chi connectivity index (χ2v) is 6.29. The maximum atomic E-state index is 5.80. The highest BCUT2D eigenvalue weighted by Gasteiger charge is 2.31. The quantitative estimate of drug-likeness (QED) is 0.886. The van der Waals surface area contributed by atoms with Gasteiger partial charge in [0.05, 0.1) is 6.04 Å². The summed E-state index contributed by atoms with van der Waals surface area (Å²) in [5.41, 5.74) is 7.21. The predicted molar refractivity (Wildman–Crippen MR) is 77.7 cm³/mol. The number of nitrogens with two attached hydrogens (primary N) is 1. The molecule has 2 aliphatic heterocycles. The first-order valence-electron chi connectivity index (χ1n) is 6.57. The minimum Gasteiger partial charge on any atom is -0.379 e. The van der Waals surface area contributed by atoms with Crippen LogP contribution in [0.2, 0.25) is 0 Å². The van der Waals surface area contributed by atoms with Gasteiger partial charge in [0.1, 0.15) is 0 Å². The average Bonchev–Trinajstić information content (AvgIpc) is 2.65. The molecule has 0 aromatic heterocycles. The van der Waals surface area contributed by atoms with Crippen molar-refractivity contribution in [2.45, 2.75) is 30.7 Å². The van der Waals surface area contributed by atoms with Crippen LogP contribution in [0.25, 0.3) is 0 Å². The fourth-order valence-corrected chi connectivity index (χ4v) is 3.83. The van der Waals surface area contributed by atoms with Crippen LogP contribution in [0, 0.1) is 0 Å². The lowest BCUT2D eigenvalue weighted by Gasteiger charge is -2.20. The van der Waals surface area contributed by atoms with Crippen molar-refractivity contribution >= 4 is 16.9 Å². The molecule has 0 bridgehead atoms. The Bertz CT molecular complexity index is 432. The Kier molecular flexibility index (Phi) is 3.57. The van der Waals surface area contributed by atoms with Crippen LogP contribution < -0.4 is 5.73 Å². The van der Waals surface area contributed by atoms with Gasteiger partial charge in [-0.1, -0.05) is 42.1 Å². The number of amidine groups is 1. The number of benzene rings is 1. The van der Waals surface area contributed by atoms with Gasteiger partial charge >= 0.3 is 0 Å². The summed E-state index contributed by atoms with van der Waals surface area (Å²) in [7, 11) is 0. The highest BCUT2D eigenvalue weighted by atomic mass is 32.2. The highest BCUT2D eigenvalue weighted by Crippen LogP contribution is 2.32. The molecule has 3 rings (SSSR count). The van der Waals surface area contributed by atoms with Gasteiger partial charge in [0.25, 0.3) is 0 Å². The number of thioether (sulfide) groups is 1. The Labute approximate surface area is 112 Å². The smallest absolute Gasteiger partial charge is 0.154 e. The van der Waals surface area contributed by atoms with E-state index in [4.69, 9.17) is 5.73 Å². The monoisotopic (exact) mass is 261 g/mol. The van der Waals surface area contributed by atoms with Crippen LogP contribution in [-0.4, -0.2) is 34.4 Å². The van der Waals surface area contributed by atoms with Gasteiger partial charge in [0.15, 0.2) is 5.17 Å². The van der Waals surface area contributed by atoms with Crippen LogP contribution in [-0.2, 0) is 6.54 Å². The number of likely N-dealkylation sites (tertiary alicyclic amines) is 1. The van der Waals surface area contributed by atoms with Crippen molar-refractivity contribution in [3.8, 4) is 0 Å². The molecule has 2 heterocycles. The van der Waals surface area contributed by atoms with Gasteiger partial charge in [-0.05, 0) is 24.9 Å². The lowest BCUT2D eigenvalue weighted by Crippen LogP contribution is -2.24. The zero-order valence-electron chi connectivity index (χ0n) is 10.5. The van der Waals surface area contributed by atoms with Crippen molar-refractivity contribution in [1.29, 1.82) is 0 Å². The van der Waals surface area contributed by atoms with Crippen LogP contribution in [0.15, 0.2) is 35.3 Å². The fourth-order valence-electron chi connectivity index (χ4n) is 2.75. The molecule has 2 aliphatic rings. The van der Waals surface area contributed by atoms with E-state index < -0.39 is 0 Å². The molecule has 2 N–H and O–H groups in total. The summed E-state index contributed by atoms with van der Waals surface area (Å²) in [6.07, 6.45) is 2.34. The van der Waals surface area contributed by atoms with Crippen LogP contribution in [0.5, 0.6) is 0 Å².